The van der Waals surface area contributed by atoms with E-state index >= 15 is 0 Å². The van der Waals surface area contributed by atoms with Crippen molar-refractivity contribution >= 4 is 18.2 Å². The summed E-state index contributed by atoms with van der Waals surface area (Å²) in [5, 5.41) is 0. The zero-order chi connectivity index (χ0) is 25.8. The zero-order valence-corrected chi connectivity index (χ0v) is 20.1. The number of carbonyl (C=O) groups is 3. The molecule has 0 spiro atoms. The standard InChI is InChI=1S/C28H30O8/c1-3-26(30)34-18-17-33-24-13-15-28(19-29,16-14-24)20-35-23-9-11-25(12-10-23)36-27(31)21-5-7-22(8-6-21)32-4-2/h3-12,19,24H,1-2,13-18,20H2. The SMILES string of the molecule is C=COc1ccc(C(=O)Oc2ccc(OCC3(C=O)CCC(OCCOC(=O)C=C)CC3)cc2)cc1. The number of ether oxygens (including phenoxy) is 5. The molecular formula is C28H30O8. The summed E-state index contributed by atoms with van der Waals surface area (Å²) in [4.78, 5) is 35.3. The Balaban J connectivity index is 1.43. The summed E-state index contributed by atoms with van der Waals surface area (Å²) < 4.78 is 27.1. The highest BCUT2D eigenvalue weighted by atomic mass is 16.6. The molecule has 1 aliphatic carbocycles. The highest BCUT2D eigenvalue weighted by Gasteiger charge is 2.36. The van der Waals surface area contributed by atoms with Crippen LogP contribution in [-0.2, 0) is 19.1 Å². The van der Waals surface area contributed by atoms with E-state index < -0.39 is 17.4 Å². The molecule has 0 N–H and O–H groups in total. The van der Waals surface area contributed by atoms with Gasteiger partial charge in [-0.05, 0) is 74.2 Å². The molecule has 0 heterocycles. The molecule has 1 fully saturated rings. The number of hydrogen-bond acceptors (Lipinski definition) is 8. The Morgan fingerprint density at radius 1 is 0.917 bits per heavy atom. The molecule has 0 aromatic heterocycles. The fourth-order valence-electron chi connectivity index (χ4n) is 3.81. The van der Waals surface area contributed by atoms with Gasteiger partial charge >= 0.3 is 11.9 Å². The van der Waals surface area contributed by atoms with Crippen molar-refractivity contribution in [2.45, 2.75) is 31.8 Å². The van der Waals surface area contributed by atoms with Gasteiger partial charge in [-0.25, -0.2) is 9.59 Å². The first kappa shape index (κ1) is 26.7. The van der Waals surface area contributed by atoms with Gasteiger partial charge in [-0.2, -0.15) is 0 Å². The van der Waals surface area contributed by atoms with Crippen LogP contribution in [0.15, 0.2) is 74.0 Å². The predicted octanol–water partition coefficient (Wildman–Crippen LogP) is 4.68. The summed E-state index contributed by atoms with van der Waals surface area (Å²) >= 11 is 0. The van der Waals surface area contributed by atoms with Crippen molar-refractivity contribution in [1.82, 2.24) is 0 Å². The fourth-order valence-corrected chi connectivity index (χ4v) is 3.81. The predicted molar refractivity (Wildman–Crippen MR) is 132 cm³/mol. The molecule has 0 atom stereocenters. The van der Waals surface area contributed by atoms with Gasteiger partial charge in [-0.3, -0.25) is 0 Å². The van der Waals surface area contributed by atoms with E-state index in [1.165, 1.54) is 6.26 Å². The highest BCUT2D eigenvalue weighted by molar-refractivity contribution is 5.91. The van der Waals surface area contributed by atoms with Crippen molar-refractivity contribution in [3.8, 4) is 17.2 Å². The molecule has 3 rings (SSSR count). The molecule has 1 saturated carbocycles. The normalized spacial score (nSPS) is 18.9. The van der Waals surface area contributed by atoms with Crippen molar-refractivity contribution in [2.75, 3.05) is 19.8 Å². The molecule has 0 unspecified atom stereocenters. The van der Waals surface area contributed by atoms with Crippen molar-refractivity contribution in [2.24, 2.45) is 5.41 Å². The molecule has 36 heavy (non-hydrogen) atoms. The van der Waals surface area contributed by atoms with Gasteiger partial charge in [0.1, 0.15) is 36.7 Å². The molecule has 190 valence electrons. The van der Waals surface area contributed by atoms with E-state index in [4.69, 9.17) is 23.7 Å². The van der Waals surface area contributed by atoms with Gasteiger partial charge in [0.25, 0.3) is 0 Å². The number of carbonyl (C=O) groups excluding carboxylic acids is 3. The van der Waals surface area contributed by atoms with Gasteiger partial charge < -0.3 is 28.5 Å². The van der Waals surface area contributed by atoms with Crippen LogP contribution in [0.5, 0.6) is 17.2 Å². The second kappa shape index (κ2) is 13.3. The lowest BCUT2D eigenvalue weighted by molar-refractivity contribution is -0.140. The van der Waals surface area contributed by atoms with Crippen LogP contribution >= 0.6 is 0 Å². The lowest BCUT2D eigenvalue weighted by atomic mass is 9.75. The quantitative estimate of drug-likeness (QED) is 0.0989. The minimum absolute atomic E-state index is 0.0141. The van der Waals surface area contributed by atoms with Crippen LogP contribution in [0.4, 0.5) is 0 Å². The number of aldehydes is 1. The summed E-state index contributed by atoms with van der Waals surface area (Å²) in [7, 11) is 0. The maximum atomic E-state index is 12.3. The Kier molecular flexibility index (Phi) is 9.82. The van der Waals surface area contributed by atoms with Crippen molar-refractivity contribution in [1.29, 1.82) is 0 Å². The smallest absolute Gasteiger partial charge is 0.343 e. The van der Waals surface area contributed by atoms with Gasteiger partial charge in [0.05, 0.1) is 30.0 Å². The van der Waals surface area contributed by atoms with E-state index in [0.717, 1.165) is 12.4 Å². The Hall–Kier alpha value is -3.91. The van der Waals surface area contributed by atoms with Crippen LogP contribution in [0.25, 0.3) is 0 Å². The van der Waals surface area contributed by atoms with Crippen molar-refractivity contribution < 1.29 is 38.1 Å². The largest absolute Gasteiger partial charge is 0.493 e. The summed E-state index contributed by atoms with van der Waals surface area (Å²) in [5.41, 5.74) is -0.195. The van der Waals surface area contributed by atoms with Crippen LogP contribution in [0.1, 0.15) is 36.0 Å². The first-order chi connectivity index (χ1) is 17.5. The third-order valence-electron chi connectivity index (χ3n) is 5.90. The van der Waals surface area contributed by atoms with E-state index in [1.54, 1.807) is 48.5 Å². The topological polar surface area (TPSA) is 97.4 Å². The van der Waals surface area contributed by atoms with E-state index in [-0.39, 0.29) is 19.3 Å². The minimum atomic E-state index is -0.582. The summed E-state index contributed by atoms with van der Waals surface area (Å²) in [6.45, 7) is 7.55. The van der Waals surface area contributed by atoms with Gasteiger partial charge in [0.2, 0.25) is 0 Å². The second-order valence-corrected chi connectivity index (χ2v) is 8.38. The lowest BCUT2D eigenvalue weighted by Crippen LogP contribution is -2.37. The van der Waals surface area contributed by atoms with Gasteiger partial charge in [-0.1, -0.05) is 13.2 Å². The van der Waals surface area contributed by atoms with E-state index in [1.807, 2.05) is 0 Å². The highest BCUT2D eigenvalue weighted by Crippen LogP contribution is 2.36. The van der Waals surface area contributed by atoms with Crippen LogP contribution < -0.4 is 14.2 Å². The maximum absolute atomic E-state index is 12.3. The molecule has 0 radical (unpaired) electrons. The Bertz CT molecular complexity index is 1030. The number of rotatable bonds is 13. The first-order valence-electron chi connectivity index (χ1n) is 11.7. The Morgan fingerprint density at radius 2 is 1.56 bits per heavy atom. The molecule has 0 amide bonds. The monoisotopic (exact) mass is 494 g/mol. The fraction of sp³-hybridized carbons (Fsp3) is 0.321. The zero-order valence-electron chi connectivity index (χ0n) is 20.1. The molecule has 8 heteroatoms. The molecule has 2 aromatic rings. The summed E-state index contributed by atoms with van der Waals surface area (Å²) in [6.07, 6.45) is 6.11. The average molecular weight is 495 g/mol. The molecule has 8 nitrogen and oxygen atoms in total. The van der Waals surface area contributed by atoms with Crippen LogP contribution in [0.3, 0.4) is 0 Å². The van der Waals surface area contributed by atoms with E-state index in [0.29, 0.717) is 55.1 Å². The third-order valence-corrected chi connectivity index (χ3v) is 5.90. The summed E-state index contributed by atoms with van der Waals surface area (Å²) in [5.74, 6) is 0.551. The Morgan fingerprint density at radius 3 is 2.17 bits per heavy atom. The van der Waals surface area contributed by atoms with Crippen LogP contribution in [-0.4, -0.2) is 44.1 Å². The first-order valence-corrected chi connectivity index (χ1v) is 11.7. The van der Waals surface area contributed by atoms with Gasteiger partial charge in [0.15, 0.2) is 0 Å². The molecule has 2 aromatic carbocycles. The van der Waals surface area contributed by atoms with E-state index in [2.05, 4.69) is 13.2 Å². The molecule has 1 aliphatic rings. The minimum Gasteiger partial charge on any atom is -0.493 e. The van der Waals surface area contributed by atoms with Crippen molar-refractivity contribution in [3.63, 3.8) is 0 Å². The third kappa shape index (κ3) is 7.81. The van der Waals surface area contributed by atoms with Gasteiger partial charge in [0, 0.05) is 6.08 Å². The number of hydrogen-bond donors (Lipinski definition) is 0. The molecular weight excluding hydrogens is 464 g/mol. The number of benzene rings is 2. The summed E-state index contributed by atoms with van der Waals surface area (Å²) in [6, 6.07) is 13.2. The lowest BCUT2D eigenvalue weighted by Gasteiger charge is -2.35. The van der Waals surface area contributed by atoms with Crippen molar-refractivity contribution in [3.05, 3.63) is 79.6 Å². The van der Waals surface area contributed by atoms with Gasteiger partial charge in [-0.15, -0.1) is 0 Å². The molecule has 0 bridgehead atoms. The average Bonchev–Trinajstić information content (AvgIpc) is 2.92. The van der Waals surface area contributed by atoms with Crippen LogP contribution in [0, 0.1) is 5.41 Å². The molecule has 0 saturated heterocycles. The van der Waals surface area contributed by atoms with Crippen LogP contribution in [0.2, 0.25) is 0 Å². The maximum Gasteiger partial charge on any atom is 0.343 e. The molecule has 0 aliphatic heterocycles. The van der Waals surface area contributed by atoms with E-state index in [9.17, 15) is 14.4 Å². The number of esters is 2. The second-order valence-electron chi connectivity index (χ2n) is 8.38. The Labute approximate surface area is 210 Å².